The molecule has 4 rings (SSSR count). The van der Waals surface area contributed by atoms with E-state index in [4.69, 9.17) is 0 Å². The van der Waals surface area contributed by atoms with Crippen LogP contribution in [0.5, 0.6) is 0 Å². The van der Waals surface area contributed by atoms with Gasteiger partial charge in [0.05, 0.1) is 18.4 Å². The number of hydrogen-bond donors (Lipinski definition) is 0. The first kappa shape index (κ1) is 13.7. The zero-order valence-electron chi connectivity index (χ0n) is 12.8. The van der Waals surface area contributed by atoms with Crippen molar-refractivity contribution in [2.24, 2.45) is 0 Å². The lowest BCUT2D eigenvalue weighted by molar-refractivity contribution is 0.0989. The highest BCUT2D eigenvalue weighted by molar-refractivity contribution is 6.07. The first-order chi connectivity index (χ1) is 11.3. The Kier molecular flexibility index (Phi) is 3.19. The van der Waals surface area contributed by atoms with E-state index in [0.717, 1.165) is 29.2 Å². The lowest BCUT2D eigenvalue weighted by Crippen LogP contribution is -2.29. The van der Waals surface area contributed by atoms with Crippen LogP contribution in [0.25, 0.3) is 11.3 Å². The van der Waals surface area contributed by atoms with Crippen LogP contribution in [-0.4, -0.2) is 27.2 Å². The van der Waals surface area contributed by atoms with Gasteiger partial charge >= 0.3 is 0 Å². The molecule has 1 aliphatic heterocycles. The number of amides is 1. The number of pyridine rings is 1. The van der Waals surface area contributed by atoms with Crippen molar-refractivity contribution in [3.05, 3.63) is 66.0 Å². The van der Waals surface area contributed by atoms with E-state index in [0.29, 0.717) is 12.1 Å². The van der Waals surface area contributed by atoms with Gasteiger partial charge in [0.2, 0.25) is 0 Å². The highest BCUT2D eigenvalue weighted by Gasteiger charge is 2.27. The summed E-state index contributed by atoms with van der Waals surface area (Å²) >= 11 is 0. The molecule has 0 radical (unpaired) electrons. The molecule has 0 aliphatic carbocycles. The maximum Gasteiger partial charge on any atom is 0.259 e. The maximum absolute atomic E-state index is 13.0. The molecule has 0 fully saturated rings. The molecule has 5 heteroatoms. The highest BCUT2D eigenvalue weighted by Crippen LogP contribution is 2.27. The Hall–Kier alpha value is -2.95. The summed E-state index contributed by atoms with van der Waals surface area (Å²) in [6.07, 6.45) is 3.49. The molecular formula is C18H16N4O. The summed E-state index contributed by atoms with van der Waals surface area (Å²) in [7, 11) is 0. The molecule has 1 aliphatic rings. The van der Waals surface area contributed by atoms with Crippen LogP contribution in [0.15, 0.2) is 54.9 Å². The molecule has 0 saturated heterocycles. The van der Waals surface area contributed by atoms with Crippen LogP contribution in [0.3, 0.4) is 0 Å². The van der Waals surface area contributed by atoms with Crippen molar-refractivity contribution in [3.63, 3.8) is 0 Å². The first-order valence-electron chi connectivity index (χ1n) is 7.60. The molecule has 0 saturated carbocycles. The molecule has 2 aromatic heterocycles. The molecule has 1 aromatic carbocycles. The summed E-state index contributed by atoms with van der Waals surface area (Å²) in [4.78, 5) is 19.2. The minimum Gasteiger partial charge on any atom is -0.291 e. The molecule has 3 heterocycles. The van der Waals surface area contributed by atoms with Crippen molar-refractivity contribution in [3.8, 4) is 11.3 Å². The van der Waals surface area contributed by atoms with Gasteiger partial charge in [-0.05, 0) is 30.7 Å². The number of aromatic nitrogens is 3. The SMILES string of the molecule is Cc1c(C(=O)N2CCn3nccc32)cccc1-c1ccccn1. The summed E-state index contributed by atoms with van der Waals surface area (Å²) in [6, 6.07) is 13.5. The van der Waals surface area contributed by atoms with Gasteiger partial charge in [0, 0.05) is 29.9 Å². The predicted molar refractivity (Wildman–Crippen MR) is 88.3 cm³/mol. The Morgan fingerprint density at radius 3 is 2.78 bits per heavy atom. The van der Waals surface area contributed by atoms with Crippen molar-refractivity contribution in [2.75, 3.05) is 11.4 Å². The van der Waals surface area contributed by atoms with Gasteiger partial charge in [-0.15, -0.1) is 0 Å². The summed E-state index contributed by atoms with van der Waals surface area (Å²) < 4.78 is 1.86. The van der Waals surface area contributed by atoms with Gasteiger partial charge in [0.25, 0.3) is 5.91 Å². The van der Waals surface area contributed by atoms with Gasteiger partial charge in [-0.1, -0.05) is 18.2 Å². The second-order valence-corrected chi connectivity index (χ2v) is 5.56. The second kappa shape index (κ2) is 5.35. The number of fused-ring (bicyclic) bond motifs is 1. The molecule has 5 nitrogen and oxygen atoms in total. The fourth-order valence-corrected chi connectivity index (χ4v) is 3.05. The molecule has 0 N–H and O–H groups in total. The smallest absolute Gasteiger partial charge is 0.259 e. The van der Waals surface area contributed by atoms with Gasteiger partial charge in [-0.2, -0.15) is 5.10 Å². The fourth-order valence-electron chi connectivity index (χ4n) is 3.05. The summed E-state index contributed by atoms with van der Waals surface area (Å²) in [5.74, 6) is 0.872. The third kappa shape index (κ3) is 2.21. The number of hydrogen-bond acceptors (Lipinski definition) is 3. The maximum atomic E-state index is 13.0. The number of nitrogens with zero attached hydrogens (tertiary/aromatic N) is 4. The molecule has 23 heavy (non-hydrogen) atoms. The summed E-state index contributed by atoms with van der Waals surface area (Å²) in [6.45, 7) is 3.38. The standard InChI is InChI=1S/C18H16N4O/c1-13-14(16-7-2-3-9-19-16)5-4-6-15(13)18(23)21-11-12-22-17(21)8-10-20-22/h2-10H,11-12H2,1H3. The van der Waals surface area contributed by atoms with Crippen LogP contribution >= 0.6 is 0 Å². The van der Waals surface area contributed by atoms with E-state index in [1.54, 1.807) is 17.3 Å². The van der Waals surface area contributed by atoms with E-state index in [9.17, 15) is 4.79 Å². The van der Waals surface area contributed by atoms with Gasteiger partial charge < -0.3 is 0 Å². The molecule has 0 unspecified atom stereocenters. The molecule has 0 atom stereocenters. The first-order valence-corrected chi connectivity index (χ1v) is 7.60. The second-order valence-electron chi connectivity index (χ2n) is 5.56. The number of rotatable bonds is 2. The Labute approximate surface area is 134 Å². The summed E-state index contributed by atoms with van der Waals surface area (Å²) in [5.41, 5.74) is 3.53. The van der Waals surface area contributed by atoms with Crippen LogP contribution < -0.4 is 4.90 Å². The van der Waals surface area contributed by atoms with Crippen LogP contribution in [0.2, 0.25) is 0 Å². The van der Waals surface area contributed by atoms with E-state index in [-0.39, 0.29) is 5.91 Å². The third-order valence-electron chi connectivity index (χ3n) is 4.26. The topological polar surface area (TPSA) is 51.0 Å². The average Bonchev–Trinajstić information content (AvgIpc) is 3.18. The largest absolute Gasteiger partial charge is 0.291 e. The quantitative estimate of drug-likeness (QED) is 0.731. The Balaban J connectivity index is 1.75. The number of carbonyl (C=O) groups is 1. The van der Waals surface area contributed by atoms with Crippen molar-refractivity contribution in [1.82, 2.24) is 14.8 Å². The Morgan fingerprint density at radius 1 is 1.04 bits per heavy atom. The monoisotopic (exact) mass is 304 g/mol. The number of anilines is 1. The molecule has 3 aromatic rings. The van der Waals surface area contributed by atoms with E-state index >= 15 is 0 Å². The Morgan fingerprint density at radius 2 is 1.96 bits per heavy atom. The average molecular weight is 304 g/mol. The molecule has 114 valence electrons. The molecule has 0 bridgehead atoms. The zero-order valence-corrected chi connectivity index (χ0v) is 12.8. The third-order valence-corrected chi connectivity index (χ3v) is 4.26. The fraction of sp³-hybridized carbons (Fsp3) is 0.167. The van der Waals surface area contributed by atoms with E-state index in [2.05, 4.69) is 10.1 Å². The van der Waals surface area contributed by atoms with Gasteiger partial charge in [-0.25, -0.2) is 4.68 Å². The highest BCUT2D eigenvalue weighted by atomic mass is 16.2. The van der Waals surface area contributed by atoms with E-state index in [1.165, 1.54) is 0 Å². The van der Waals surface area contributed by atoms with Crippen LogP contribution in [0.4, 0.5) is 5.82 Å². The van der Waals surface area contributed by atoms with E-state index < -0.39 is 0 Å². The van der Waals surface area contributed by atoms with Gasteiger partial charge in [-0.3, -0.25) is 14.7 Å². The predicted octanol–water partition coefficient (Wildman–Crippen LogP) is 2.91. The van der Waals surface area contributed by atoms with Crippen molar-refractivity contribution in [2.45, 2.75) is 13.5 Å². The van der Waals surface area contributed by atoms with Crippen LogP contribution in [-0.2, 0) is 6.54 Å². The molecule has 0 spiro atoms. The Bertz CT molecular complexity index is 870. The normalized spacial score (nSPS) is 13.2. The minimum absolute atomic E-state index is 0.0135. The van der Waals surface area contributed by atoms with Crippen molar-refractivity contribution < 1.29 is 4.79 Å². The van der Waals surface area contributed by atoms with Crippen molar-refractivity contribution in [1.29, 1.82) is 0 Å². The number of benzene rings is 1. The summed E-state index contributed by atoms with van der Waals surface area (Å²) in [5, 5.41) is 4.22. The lowest BCUT2D eigenvalue weighted by atomic mass is 9.98. The number of carbonyl (C=O) groups excluding carboxylic acids is 1. The lowest BCUT2D eigenvalue weighted by Gasteiger charge is -2.17. The molecular weight excluding hydrogens is 288 g/mol. The van der Waals surface area contributed by atoms with Crippen LogP contribution in [0, 0.1) is 6.92 Å². The van der Waals surface area contributed by atoms with Crippen molar-refractivity contribution >= 4 is 11.7 Å². The minimum atomic E-state index is 0.0135. The molecule has 1 amide bonds. The van der Waals surface area contributed by atoms with E-state index in [1.807, 2.05) is 54.1 Å². The van der Waals surface area contributed by atoms with Gasteiger partial charge in [0.1, 0.15) is 5.82 Å². The van der Waals surface area contributed by atoms with Gasteiger partial charge in [0.15, 0.2) is 0 Å². The zero-order chi connectivity index (χ0) is 15.8. The van der Waals surface area contributed by atoms with Crippen LogP contribution in [0.1, 0.15) is 15.9 Å².